The molecule has 1 aliphatic carbocycles. The van der Waals surface area contributed by atoms with Gasteiger partial charge in [0.1, 0.15) is 12.4 Å². The molecule has 0 radical (unpaired) electrons. The van der Waals surface area contributed by atoms with Gasteiger partial charge in [0, 0.05) is 11.6 Å². The molecule has 0 spiro atoms. The van der Waals surface area contributed by atoms with Crippen LogP contribution in [0.3, 0.4) is 0 Å². The number of nitrogens with zero attached hydrogens (tertiary/aromatic N) is 1. The molecular weight excluding hydrogens is 212 g/mol. The summed E-state index contributed by atoms with van der Waals surface area (Å²) in [6.45, 7) is 0.787. The number of hydrogen-bond acceptors (Lipinski definition) is 3. The molecule has 3 rings (SSSR count). The highest BCUT2D eigenvalue weighted by molar-refractivity contribution is 5.38. The summed E-state index contributed by atoms with van der Waals surface area (Å²) in [6, 6.07) is 9.96. The molecule has 0 aromatic heterocycles. The zero-order valence-corrected chi connectivity index (χ0v) is 10.5. The average molecular weight is 232 g/mol. The van der Waals surface area contributed by atoms with Crippen LogP contribution in [0.15, 0.2) is 24.3 Å². The fraction of sp³-hybridized carbons (Fsp3) is 0.571. The molecule has 2 unspecified atom stereocenters. The van der Waals surface area contributed by atoms with Crippen LogP contribution in [0.5, 0.6) is 5.75 Å². The molecule has 0 amide bonds. The van der Waals surface area contributed by atoms with Gasteiger partial charge in [-0.3, -0.25) is 4.90 Å². The SMILES string of the molecule is CNC1c2ccccc2OCC1N(C)C1CC1. The lowest BCUT2D eigenvalue weighted by Gasteiger charge is -2.39. The van der Waals surface area contributed by atoms with Crippen LogP contribution in [0.25, 0.3) is 0 Å². The highest BCUT2D eigenvalue weighted by Gasteiger charge is 2.38. The van der Waals surface area contributed by atoms with Crippen molar-refractivity contribution in [2.24, 2.45) is 0 Å². The maximum Gasteiger partial charge on any atom is 0.124 e. The van der Waals surface area contributed by atoms with E-state index in [0.717, 1.165) is 18.4 Å². The van der Waals surface area contributed by atoms with E-state index in [1.54, 1.807) is 0 Å². The molecule has 1 heterocycles. The molecule has 2 aliphatic rings. The minimum atomic E-state index is 0.380. The summed E-state index contributed by atoms with van der Waals surface area (Å²) in [5, 5.41) is 3.45. The van der Waals surface area contributed by atoms with E-state index >= 15 is 0 Å². The van der Waals surface area contributed by atoms with E-state index in [2.05, 4.69) is 35.5 Å². The van der Waals surface area contributed by atoms with Crippen molar-refractivity contribution in [1.82, 2.24) is 10.2 Å². The second-order valence-electron chi connectivity index (χ2n) is 5.08. The van der Waals surface area contributed by atoms with Crippen molar-refractivity contribution < 1.29 is 4.74 Å². The maximum absolute atomic E-state index is 5.89. The Balaban J connectivity index is 1.88. The van der Waals surface area contributed by atoms with E-state index in [1.165, 1.54) is 18.4 Å². The number of ether oxygens (including phenoxy) is 1. The molecule has 3 heteroatoms. The molecule has 3 nitrogen and oxygen atoms in total. The second-order valence-corrected chi connectivity index (χ2v) is 5.08. The van der Waals surface area contributed by atoms with Gasteiger partial charge in [0.05, 0.1) is 12.1 Å². The number of hydrogen-bond donors (Lipinski definition) is 1. The van der Waals surface area contributed by atoms with Crippen molar-refractivity contribution in [2.45, 2.75) is 31.0 Å². The van der Waals surface area contributed by atoms with Crippen LogP contribution in [0.1, 0.15) is 24.4 Å². The minimum Gasteiger partial charge on any atom is -0.492 e. The third kappa shape index (κ3) is 1.94. The molecule has 92 valence electrons. The first kappa shape index (κ1) is 11.1. The number of likely N-dealkylation sites (N-methyl/N-ethyl adjacent to an activating group) is 2. The Morgan fingerprint density at radius 1 is 1.29 bits per heavy atom. The van der Waals surface area contributed by atoms with Gasteiger partial charge in [-0.25, -0.2) is 0 Å². The summed E-state index contributed by atoms with van der Waals surface area (Å²) in [7, 11) is 4.27. The highest BCUT2D eigenvalue weighted by atomic mass is 16.5. The largest absolute Gasteiger partial charge is 0.492 e. The quantitative estimate of drug-likeness (QED) is 0.860. The van der Waals surface area contributed by atoms with Gasteiger partial charge in [-0.1, -0.05) is 18.2 Å². The second kappa shape index (κ2) is 4.31. The number of benzene rings is 1. The molecule has 1 aliphatic heterocycles. The molecule has 1 aromatic rings. The maximum atomic E-state index is 5.89. The van der Waals surface area contributed by atoms with Gasteiger partial charge in [-0.2, -0.15) is 0 Å². The number of nitrogens with one attached hydrogen (secondary N) is 1. The third-order valence-electron chi connectivity index (χ3n) is 4.01. The Morgan fingerprint density at radius 2 is 2.06 bits per heavy atom. The van der Waals surface area contributed by atoms with Crippen molar-refractivity contribution in [3.05, 3.63) is 29.8 Å². The lowest BCUT2D eigenvalue weighted by atomic mass is 9.95. The Hall–Kier alpha value is -1.06. The van der Waals surface area contributed by atoms with Crippen LogP contribution in [0.2, 0.25) is 0 Å². The predicted molar refractivity (Wildman–Crippen MR) is 68.3 cm³/mol. The van der Waals surface area contributed by atoms with Crippen molar-refractivity contribution in [3.63, 3.8) is 0 Å². The first-order valence-electron chi connectivity index (χ1n) is 6.42. The van der Waals surface area contributed by atoms with Gasteiger partial charge in [-0.15, -0.1) is 0 Å². The zero-order chi connectivity index (χ0) is 11.8. The fourth-order valence-electron chi connectivity index (χ4n) is 2.80. The van der Waals surface area contributed by atoms with E-state index in [1.807, 2.05) is 13.1 Å². The Kier molecular flexibility index (Phi) is 2.81. The summed E-state index contributed by atoms with van der Waals surface area (Å²) < 4.78 is 5.89. The van der Waals surface area contributed by atoms with E-state index in [4.69, 9.17) is 4.74 Å². The summed E-state index contributed by atoms with van der Waals surface area (Å²) >= 11 is 0. The Morgan fingerprint density at radius 3 is 2.76 bits per heavy atom. The molecule has 0 bridgehead atoms. The summed E-state index contributed by atoms with van der Waals surface area (Å²) in [4.78, 5) is 2.48. The van der Waals surface area contributed by atoms with Gasteiger partial charge in [0.2, 0.25) is 0 Å². The topological polar surface area (TPSA) is 24.5 Å². The average Bonchev–Trinajstić information content (AvgIpc) is 3.20. The van der Waals surface area contributed by atoms with Crippen molar-refractivity contribution >= 4 is 0 Å². The smallest absolute Gasteiger partial charge is 0.124 e. The number of fused-ring (bicyclic) bond motifs is 1. The molecule has 1 saturated carbocycles. The van der Waals surface area contributed by atoms with Crippen molar-refractivity contribution in [2.75, 3.05) is 20.7 Å². The number of rotatable bonds is 3. The molecular formula is C14H20N2O. The van der Waals surface area contributed by atoms with Crippen molar-refractivity contribution in [3.8, 4) is 5.75 Å². The first-order valence-corrected chi connectivity index (χ1v) is 6.42. The van der Waals surface area contributed by atoms with Gasteiger partial charge in [-0.05, 0) is 33.0 Å². The monoisotopic (exact) mass is 232 g/mol. The van der Waals surface area contributed by atoms with Crippen LogP contribution in [-0.4, -0.2) is 37.7 Å². The fourth-order valence-corrected chi connectivity index (χ4v) is 2.80. The number of para-hydroxylation sites is 1. The van der Waals surface area contributed by atoms with E-state index in [-0.39, 0.29) is 0 Å². The highest BCUT2D eigenvalue weighted by Crippen LogP contribution is 2.37. The molecule has 0 saturated heterocycles. The standard InChI is InChI=1S/C14H20N2O/c1-15-14-11-5-3-4-6-13(11)17-9-12(14)16(2)10-7-8-10/h3-6,10,12,14-15H,7-9H2,1-2H3. The van der Waals surface area contributed by atoms with Gasteiger partial charge in [0.25, 0.3) is 0 Å². The van der Waals surface area contributed by atoms with E-state index in [9.17, 15) is 0 Å². The van der Waals surface area contributed by atoms with Crippen LogP contribution < -0.4 is 10.1 Å². The first-order chi connectivity index (χ1) is 8.31. The van der Waals surface area contributed by atoms with E-state index in [0.29, 0.717) is 12.1 Å². The van der Waals surface area contributed by atoms with Crippen LogP contribution in [0, 0.1) is 0 Å². The summed E-state index contributed by atoms with van der Waals surface area (Å²) in [5.74, 6) is 1.03. The third-order valence-corrected chi connectivity index (χ3v) is 4.01. The zero-order valence-electron chi connectivity index (χ0n) is 10.5. The Labute approximate surface area is 103 Å². The molecule has 2 atom stereocenters. The lowest BCUT2D eigenvalue weighted by Crippen LogP contribution is -2.48. The molecule has 1 fully saturated rings. The lowest BCUT2D eigenvalue weighted by molar-refractivity contribution is 0.103. The molecule has 17 heavy (non-hydrogen) atoms. The van der Waals surface area contributed by atoms with Crippen molar-refractivity contribution in [1.29, 1.82) is 0 Å². The van der Waals surface area contributed by atoms with Gasteiger partial charge in [0.15, 0.2) is 0 Å². The normalized spacial score (nSPS) is 27.7. The van der Waals surface area contributed by atoms with Gasteiger partial charge >= 0.3 is 0 Å². The Bertz CT molecular complexity index is 403. The molecule has 1 aromatic carbocycles. The predicted octanol–water partition coefficient (Wildman–Crippen LogP) is 1.80. The minimum absolute atomic E-state index is 0.380. The van der Waals surface area contributed by atoms with Crippen LogP contribution in [0.4, 0.5) is 0 Å². The summed E-state index contributed by atoms with van der Waals surface area (Å²) in [5.41, 5.74) is 1.29. The van der Waals surface area contributed by atoms with E-state index < -0.39 is 0 Å². The van der Waals surface area contributed by atoms with Crippen LogP contribution in [-0.2, 0) is 0 Å². The molecule has 1 N–H and O–H groups in total. The van der Waals surface area contributed by atoms with Gasteiger partial charge < -0.3 is 10.1 Å². The summed E-state index contributed by atoms with van der Waals surface area (Å²) in [6.07, 6.45) is 2.68. The van der Waals surface area contributed by atoms with Crippen LogP contribution >= 0.6 is 0 Å².